The molecule has 0 saturated carbocycles. The van der Waals surface area contributed by atoms with Crippen LogP contribution >= 0.6 is 0 Å². The van der Waals surface area contributed by atoms with Crippen molar-refractivity contribution in [1.82, 2.24) is 5.32 Å². The zero-order valence-corrected chi connectivity index (χ0v) is 11.4. The number of benzene rings is 1. The van der Waals surface area contributed by atoms with Crippen molar-refractivity contribution in [3.05, 3.63) is 29.5 Å². The van der Waals surface area contributed by atoms with E-state index in [0.717, 1.165) is 36.1 Å². The molecule has 1 aromatic heterocycles. The van der Waals surface area contributed by atoms with Crippen LogP contribution < -0.4 is 5.32 Å². The molecule has 1 aromatic carbocycles. The van der Waals surface area contributed by atoms with Crippen LogP contribution in [0.3, 0.4) is 0 Å². The van der Waals surface area contributed by atoms with E-state index in [1.165, 1.54) is 24.8 Å². The number of rotatable bonds is 3. The van der Waals surface area contributed by atoms with Crippen LogP contribution in [0.5, 0.6) is 5.75 Å². The molecule has 3 heteroatoms. The Morgan fingerprint density at radius 3 is 3.16 bits per heavy atom. The van der Waals surface area contributed by atoms with Crippen LogP contribution in [0.1, 0.15) is 37.5 Å². The number of phenols is 1. The van der Waals surface area contributed by atoms with Gasteiger partial charge in [0.25, 0.3) is 0 Å². The van der Waals surface area contributed by atoms with E-state index in [1.54, 1.807) is 6.07 Å². The van der Waals surface area contributed by atoms with Crippen molar-refractivity contribution in [2.45, 2.75) is 45.1 Å². The Hall–Kier alpha value is -1.48. The summed E-state index contributed by atoms with van der Waals surface area (Å²) in [5.74, 6) is 1.42. The topological polar surface area (TPSA) is 45.4 Å². The second-order valence-corrected chi connectivity index (χ2v) is 5.43. The maximum absolute atomic E-state index is 9.63. The third-order valence-corrected chi connectivity index (χ3v) is 4.00. The van der Waals surface area contributed by atoms with Gasteiger partial charge in [-0.1, -0.05) is 19.8 Å². The van der Waals surface area contributed by atoms with Crippen molar-refractivity contribution in [1.29, 1.82) is 0 Å². The summed E-state index contributed by atoms with van der Waals surface area (Å²) in [7, 11) is 0. The van der Waals surface area contributed by atoms with Crippen molar-refractivity contribution in [3.63, 3.8) is 0 Å². The second kappa shape index (κ2) is 5.25. The molecule has 3 rings (SSSR count). The molecule has 3 nitrogen and oxygen atoms in total. The molecule has 0 aliphatic carbocycles. The fraction of sp³-hybridized carbons (Fsp3) is 0.500. The van der Waals surface area contributed by atoms with Gasteiger partial charge in [0, 0.05) is 23.4 Å². The van der Waals surface area contributed by atoms with Gasteiger partial charge in [0.15, 0.2) is 0 Å². The van der Waals surface area contributed by atoms with Crippen LogP contribution in [-0.2, 0) is 12.8 Å². The molecular weight excluding hydrogens is 238 g/mol. The Bertz CT molecular complexity index is 573. The van der Waals surface area contributed by atoms with Crippen molar-refractivity contribution < 1.29 is 9.52 Å². The first kappa shape index (κ1) is 12.5. The number of aromatic hydroxyl groups is 1. The lowest BCUT2D eigenvalue weighted by atomic mass is 10.0. The molecule has 2 heterocycles. The SMILES string of the molecule is CCCCC1Cc2oc3ccc(O)cc3c2CCN1. The highest BCUT2D eigenvalue weighted by atomic mass is 16.3. The van der Waals surface area contributed by atoms with Crippen molar-refractivity contribution in [2.24, 2.45) is 0 Å². The van der Waals surface area contributed by atoms with Crippen LogP contribution in [0.15, 0.2) is 22.6 Å². The largest absolute Gasteiger partial charge is 0.508 e. The molecule has 0 radical (unpaired) electrons. The summed E-state index contributed by atoms with van der Waals surface area (Å²) in [6.45, 7) is 3.22. The third kappa shape index (κ3) is 2.47. The van der Waals surface area contributed by atoms with Gasteiger partial charge < -0.3 is 14.8 Å². The molecule has 1 unspecified atom stereocenters. The Morgan fingerprint density at radius 2 is 2.32 bits per heavy atom. The van der Waals surface area contributed by atoms with E-state index in [-0.39, 0.29) is 0 Å². The van der Waals surface area contributed by atoms with E-state index in [9.17, 15) is 5.11 Å². The van der Waals surface area contributed by atoms with Gasteiger partial charge in [-0.25, -0.2) is 0 Å². The van der Waals surface area contributed by atoms with Gasteiger partial charge in [0.2, 0.25) is 0 Å². The van der Waals surface area contributed by atoms with E-state index < -0.39 is 0 Å². The molecule has 2 aromatic rings. The van der Waals surface area contributed by atoms with Gasteiger partial charge in [-0.15, -0.1) is 0 Å². The first-order valence-electron chi connectivity index (χ1n) is 7.24. The molecule has 1 aliphatic rings. The Morgan fingerprint density at radius 1 is 1.42 bits per heavy atom. The summed E-state index contributed by atoms with van der Waals surface area (Å²) in [4.78, 5) is 0. The zero-order valence-electron chi connectivity index (χ0n) is 11.4. The predicted molar refractivity (Wildman–Crippen MR) is 76.6 cm³/mol. The van der Waals surface area contributed by atoms with E-state index in [2.05, 4.69) is 12.2 Å². The lowest BCUT2D eigenvalue weighted by Crippen LogP contribution is -2.30. The molecule has 2 N–H and O–H groups in total. The average Bonchev–Trinajstić information content (AvgIpc) is 2.61. The number of fused-ring (bicyclic) bond motifs is 3. The quantitative estimate of drug-likeness (QED) is 0.888. The van der Waals surface area contributed by atoms with Crippen molar-refractivity contribution in [2.75, 3.05) is 6.54 Å². The molecular formula is C16H21NO2. The van der Waals surface area contributed by atoms with E-state index in [1.807, 2.05) is 12.1 Å². The zero-order chi connectivity index (χ0) is 13.2. The number of unbranched alkanes of at least 4 members (excludes halogenated alkanes) is 1. The monoisotopic (exact) mass is 259 g/mol. The normalized spacial score (nSPS) is 19.3. The minimum absolute atomic E-state index is 0.316. The molecule has 0 fully saturated rings. The smallest absolute Gasteiger partial charge is 0.134 e. The molecule has 0 bridgehead atoms. The molecule has 102 valence electrons. The average molecular weight is 259 g/mol. The van der Waals surface area contributed by atoms with Gasteiger partial charge in [-0.2, -0.15) is 0 Å². The minimum atomic E-state index is 0.316. The highest BCUT2D eigenvalue weighted by Crippen LogP contribution is 2.31. The van der Waals surface area contributed by atoms with Gasteiger partial charge in [0.05, 0.1) is 0 Å². The summed E-state index contributed by atoms with van der Waals surface area (Å²) in [5.41, 5.74) is 2.18. The molecule has 0 amide bonds. The second-order valence-electron chi connectivity index (χ2n) is 5.43. The lowest BCUT2D eigenvalue weighted by molar-refractivity contribution is 0.441. The van der Waals surface area contributed by atoms with E-state index in [4.69, 9.17) is 4.42 Å². The first-order valence-corrected chi connectivity index (χ1v) is 7.24. The van der Waals surface area contributed by atoms with Gasteiger partial charge in [0.1, 0.15) is 17.1 Å². The maximum atomic E-state index is 9.63. The van der Waals surface area contributed by atoms with Gasteiger partial charge in [-0.3, -0.25) is 0 Å². The summed E-state index contributed by atoms with van der Waals surface area (Å²) >= 11 is 0. The number of nitrogens with one attached hydrogen (secondary N) is 1. The van der Waals surface area contributed by atoms with Gasteiger partial charge in [-0.05, 0) is 37.6 Å². The van der Waals surface area contributed by atoms with Gasteiger partial charge >= 0.3 is 0 Å². The Balaban J connectivity index is 1.93. The third-order valence-electron chi connectivity index (χ3n) is 4.00. The number of furan rings is 1. The molecule has 19 heavy (non-hydrogen) atoms. The first-order chi connectivity index (χ1) is 9.28. The maximum Gasteiger partial charge on any atom is 0.134 e. The fourth-order valence-corrected chi connectivity index (χ4v) is 2.98. The van der Waals surface area contributed by atoms with Crippen LogP contribution in [0.25, 0.3) is 11.0 Å². The standard InChI is InChI=1S/C16H21NO2/c1-2-3-4-11-9-16-13(7-8-17-11)14-10-12(18)5-6-15(14)19-16/h5-6,10-11,17-18H,2-4,7-9H2,1H3. The lowest BCUT2D eigenvalue weighted by Gasteiger charge is -2.14. The van der Waals surface area contributed by atoms with Crippen LogP contribution in [0.4, 0.5) is 0 Å². The predicted octanol–water partition coefficient (Wildman–Crippen LogP) is 3.39. The Labute approximate surface area is 113 Å². The number of hydrogen-bond acceptors (Lipinski definition) is 3. The summed E-state index contributed by atoms with van der Waals surface area (Å²) in [6.07, 6.45) is 5.64. The molecule has 1 atom stereocenters. The van der Waals surface area contributed by atoms with E-state index in [0.29, 0.717) is 11.8 Å². The molecule has 1 aliphatic heterocycles. The minimum Gasteiger partial charge on any atom is -0.508 e. The highest BCUT2D eigenvalue weighted by Gasteiger charge is 2.21. The van der Waals surface area contributed by atoms with Crippen molar-refractivity contribution in [3.8, 4) is 5.75 Å². The van der Waals surface area contributed by atoms with Crippen LogP contribution in [0.2, 0.25) is 0 Å². The van der Waals surface area contributed by atoms with Crippen molar-refractivity contribution >= 4 is 11.0 Å². The summed E-state index contributed by atoms with van der Waals surface area (Å²) in [5, 5.41) is 14.3. The summed E-state index contributed by atoms with van der Waals surface area (Å²) in [6, 6.07) is 5.91. The fourth-order valence-electron chi connectivity index (χ4n) is 2.98. The highest BCUT2D eigenvalue weighted by molar-refractivity contribution is 5.83. The van der Waals surface area contributed by atoms with E-state index >= 15 is 0 Å². The summed E-state index contributed by atoms with van der Waals surface area (Å²) < 4.78 is 5.98. The van der Waals surface area contributed by atoms with Crippen LogP contribution in [0, 0.1) is 0 Å². The Kier molecular flexibility index (Phi) is 3.47. The molecule has 0 saturated heterocycles. The number of phenolic OH excluding ortho intramolecular Hbond substituents is 1. The van der Waals surface area contributed by atoms with Crippen LogP contribution in [-0.4, -0.2) is 17.7 Å². The number of hydrogen-bond donors (Lipinski definition) is 2. The molecule has 0 spiro atoms.